The fourth-order valence-corrected chi connectivity index (χ4v) is 6.49. The number of aromatic carboxylic acids is 1. The first-order chi connectivity index (χ1) is 20.9. The molecule has 43 heavy (non-hydrogen) atoms. The first-order valence-corrected chi connectivity index (χ1v) is 15.0. The number of hydrogen-bond acceptors (Lipinski definition) is 6. The van der Waals surface area contributed by atoms with Gasteiger partial charge < -0.3 is 24.4 Å². The number of hydrogen-bond donors (Lipinski definition) is 1. The van der Waals surface area contributed by atoms with Crippen molar-refractivity contribution in [3.05, 3.63) is 88.9 Å². The zero-order chi connectivity index (χ0) is 29.9. The maximum Gasteiger partial charge on any atom is 0.335 e. The first-order valence-electron chi connectivity index (χ1n) is 15.0. The monoisotopic (exact) mass is 588 g/mol. The molecule has 0 bridgehead atoms. The predicted octanol–water partition coefficient (Wildman–Crippen LogP) is 5.64. The van der Waals surface area contributed by atoms with E-state index in [9.17, 15) is 14.0 Å². The van der Waals surface area contributed by atoms with Crippen LogP contribution in [-0.2, 0) is 11.3 Å². The lowest BCUT2D eigenvalue weighted by atomic mass is 9.98. The van der Waals surface area contributed by atoms with Gasteiger partial charge >= 0.3 is 12.0 Å². The Kier molecular flexibility index (Phi) is 8.58. The van der Waals surface area contributed by atoms with Crippen LogP contribution < -0.4 is 4.74 Å². The molecule has 9 nitrogen and oxygen atoms in total. The summed E-state index contributed by atoms with van der Waals surface area (Å²) in [7, 11) is 0. The van der Waals surface area contributed by atoms with E-state index in [1.54, 1.807) is 12.1 Å². The van der Waals surface area contributed by atoms with Crippen LogP contribution in [0.25, 0.3) is 0 Å². The Morgan fingerprint density at radius 3 is 2.44 bits per heavy atom. The molecule has 10 heteroatoms. The van der Waals surface area contributed by atoms with E-state index in [-0.39, 0.29) is 35.6 Å². The van der Waals surface area contributed by atoms with Crippen molar-refractivity contribution >= 4 is 12.0 Å². The van der Waals surface area contributed by atoms with Crippen molar-refractivity contribution in [1.29, 1.82) is 0 Å². The van der Waals surface area contributed by atoms with Crippen LogP contribution in [0.4, 0.5) is 9.18 Å². The zero-order valence-electron chi connectivity index (χ0n) is 24.3. The highest BCUT2D eigenvalue weighted by molar-refractivity contribution is 5.87. The number of carbonyl (C=O) groups is 2. The molecule has 3 aromatic rings. The zero-order valence-corrected chi connectivity index (χ0v) is 24.3. The minimum Gasteiger partial charge on any atom is -0.478 e. The molecule has 2 amide bonds. The Morgan fingerprint density at radius 2 is 1.77 bits per heavy atom. The van der Waals surface area contributed by atoms with E-state index in [2.05, 4.69) is 50.9 Å². The van der Waals surface area contributed by atoms with E-state index in [0.717, 1.165) is 38.8 Å². The van der Waals surface area contributed by atoms with Crippen molar-refractivity contribution in [2.75, 3.05) is 32.8 Å². The van der Waals surface area contributed by atoms with Crippen LogP contribution in [-0.4, -0.2) is 81.7 Å². The first kappa shape index (κ1) is 29.1. The molecular formula is C33H37FN4O5. The lowest BCUT2D eigenvalue weighted by molar-refractivity contribution is 0.0493. The summed E-state index contributed by atoms with van der Waals surface area (Å²) in [6.45, 7) is 6.09. The lowest BCUT2D eigenvalue weighted by Gasteiger charge is -2.39. The highest BCUT2D eigenvalue weighted by Gasteiger charge is 2.45. The number of aryl methyl sites for hydroxylation is 1. The van der Waals surface area contributed by atoms with Gasteiger partial charge in [-0.3, -0.25) is 4.90 Å². The maximum atomic E-state index is 15.0. The second kappa shape index (κ2) is 12.7. The molecule has 0 radical (unpaired) electrons. The number of aromatic nitrogens is 1. The van der Waals surface area contributed by atoms with Crippen molar-refractivity contribution in [2.24, 2.45) is 0 Å². The number of carbonyl (C=O) groups excluding carboxylic acids is 1. The summed E-state index contributed by atoms with van der Waals surface area (Å²) in [6, 6.07) is 18.1. The Bertz CT molecular complexity index is 1450. The molecule has 0 unspecified atom stereocenters. The van der Waals surface area contributed by atoms with Crippen molar-refractivity contribution in [2.45, 2.75) is 57.3 Å². The van der Waals surface area contributed by atoms with Gasteiger partial charge in [0.05, 0.1) is 11.6 Å². The van der Waals surface area contributed by atoms with E-state index >= 15 is 0 Å². The molecule has 0 spiro atoms. The Hall–Kier alpha value is -4.02. The van der Waals surface area contributed by atoms with Gasteiger partial charge in [-0.05, 0) is 68.5 Å². The number of piperidine rings is 1. The number of carboxylic acid groups (broad SMARTS) is 1. The van der Waals surface area contributed by atoms with Crippen molar-refractivity contribution < 1.29 is 28.6 Å². The fourth-order valence-electron chi connectivity index (χ4n) is 6.49. The van der Waals surface area contributed by atoms with Crippen molar-refractivity contribution in [3.8, 4) is 11.6 Å². The van der Waals surface area contributed by atoms with Crippen LogP contribution in [0.15, 0.2) is 60.7 Å². The van der Waals surface area contributed by atoms with Crippen LogP contribution in [0.2, 0.25) is 0 Å². The Labute approximate surface area is 250 Å². The van der Waals surface area contributed by atoms with E-state index in [0.29, 0.717) is 37.6 Å². The normalized spacial score (nSPS) is 20.5. The highest BCUT2D eigenvalue weighted by Crippen LogP contribution is 2.37. The number of likely N-dealkylation sites (tertiary alicyclic amines) is 1. The van der Waals surface area contributed by atoms with Gasteiger partial charge in [-0.2, -0.15) is 9.37 Å². The third kappa shape index (κ3) is 6.50. The molecule has 0 aliphatic carbocycles. The number of nitrogens with zero attached hydrogens (tertiary/aromatic N) is 4. The molecule has 226 valence electrons. The quantitative estimate of drug-likeness (QED) is 0.340. The number of halogens is 1. The van der Waals surface area contributed by atoms with Crippen LogP contribution >= 0.6 is 0 Å². The number of urea groups is 1. The van der Waals surface area contributed by atoms with E-state index < -0.39 is 11.9 Å². The summed E-state index contributed by atoms with van der Waals surface area (Å²) in [5, 5.41) is 9.05. The maximum absolute atomic E-state index is 15.0. The molecule has 1 aromatic heterocycles. The third-order valence-electron chi connectivity index (χ3n) is 8.80. The molecule has 6 rings (SSSR count). The number of rotatable bonds is 8. The van der Waals surface area contributed by atoms with Crippen LogP contribution in [0.5, 0.6) is 11.6 Å². The summed E-state index contributed by atoms with van der Waals surface area (Å²) in [5.74, 6) is -1.14. The van der Waals surface area contributed by atoms with E-state index in [1.165, 1.54) is 35.4 Å². The largest absolute Gasteiger partial charge is 0.478 e. The standard InChI is InChI=1S/C33H37FN4O5/c1-22-3-2-4-24(19-22)29-21-37(26-13-17-42-18-14-26)33(41)38(29)27-11-15-36(16-12-27)20-25-7-10-30(35-31(25)34)43-28-8-5-23(6-9-28)32(39)40/h2-10,19,26-27,29H,11-18,20-21H2,1H3,(H,39,40)/t29-/m0/s1. The average molecular weight is 589 g/mol. The summed E-state index contributed by atoms with van der Waals surface area (Å²) in [6.07, 6.45) is 3.38. The third-order valence-corrected chi connectivity index (χ3v) is 8.80. The minimum absolute atomic E-state index is 0.0151. The second-order valence-electron chi connectivity index (χ2n) is 11.7. The van der Waals surface area contributed by atoms with Gasteiger partial charge in [0, 0.05) is 63.1 Å². The predicted molar refractivity (Wildman–Crippen MR) is 158 cm³/mol. The smallest absolute Gasteiger partial charge is 0.335 e. The molecular weight excluding hydrogens is 551 g/mol. The average Bonchev–Trinajstić information content (AvgIpc) is 3.36. The topological polar surface area (TPSA) is 95.4 Å². The molecule has 0 saturated carbocycles. The number of amides is 2. The molecule has 3 aliphatic heterocycles. The van der Waals surface area contributed by atoms with Gasteiger partial charge in [0.15, 0.2) is 0 Å². The summed E-state index contributed by atoms with van der Waals surface area (Å²) < 4.78 is 26.2. The SMILES string of the molecule is Cc1cccc([C@@H]2CN(C3CCOCC3)C(=O)N2C2CCN(Cc3ccc(Oc4ccc(C(=O)O)cc4)nc3F)CC2)c1. The van der Waals surface area contributed by atoms with Crippen LogP contribution in [0, 0.1) is 12.9 Å². The lowest BCUT2D eigenvalue weighted by Crippen LogP contribution is -2.48. The number of ether oxygens (including phenoxy) is 2. The van der Waals surface area contributed by atoms with Gasteiger partial charge in [0.1, 0.15) is 5.75 Å². The molecule has 3 aliphatic rings. The molecule has 3 saturated heterocycles. The minimum atomic E-state index is -1.03. The number of benzene rings is 2. The molecule has 3 fully saturated rings. The van der Waals surface area contributed by atoms with Crippen molar-refractivity contribution in [1.82, 2.24) is 19.7 Å². The Balaban J connectivity index is 1.09. The molecule has 1 N–H and O–H groups in total. The van der Waals surface area contributed by atoms with Gasteiger partial charge in [0.25, 0.3) is 0 Å². The van der Waals surface area contributed by atoms with Crippen LogP contribution in [0.3, 0.4) is 0 Å². The fraction of sp³-hybridized carbons (Fsp3) is 0.424. The molecule has 2 aromatic carbocycles. The van der Waals surface area contributed by atoms with Crippen LogP contribution in [0.1, 0.15) is 58.8 Å². The van der Waals surface area contributed by atoms with Crippen molar-refractivity contribution in [3.63, 3.8) is 0 Å². The summed E-state index contributed by atoms with van der Waals surface area (Å²) >= 11 is 0. The van der Waals surface area contributed by atoms with E-state index in [1.807, 2.05) is 0 Å². The number of pyridine rings is 1. The van der Waals surface area contributed by atoms with E-state index in [4.69, 9.17) is 14.6 Å². The number of carboxylic acids is 1. The highest BCUT2D eigenvalue weighted by atomic mass is 19.1. The summed E-state index contributed by atoms with van der Waals surface area (Å²) in [5.41, 5.74) is 2.99. The second-order valence-corrected chi connectivity index (χ2v) is 11.7. The van der Waals surface area contributed by atoms with Gasteiger partial charge in [0.2, 0.25) is 11.8 Å². The summed E-state index contributed by atoms with van der Waals surface area (Å²) in [4.78, 5) is 35.3. The van der Waals surface area contributed by atoms with Gasteiger partial charge in [-0.1, -0.05) is 29.8 Å². The molecule has 1 atom stereocenters. The molecule has 4 heterocycles. The van der Waals surface area contributed by atoms with Gasteiger partial charge in [-0.25, -0.2) is 9.59 Å². The Morgan fingerprint density at radius 1 is 1.02 bits per heavy atom. The van der Waals surface area contributed by atoms with Gasteiger partial charge in [-0.15, -0.1) is 0 Å².